The van der Waals surface area contributed by atoms with E-state index in [0.29, 0.717) is 5.69 Å². The monoisotopic (exact) mass is 234 g/mol. The maximum atomic E-state index is 11.8. The van der Waals surface area contributed by atoms with Gasteiger partial charge in [-0.25, -0.2) is 4.79 Å². The lowest BCUT2D eigenvalue weighted by Gasteiger charge is -2.17. The highest BCUT2D eigenvalue weighted by Gasteiger charge is 2.30. The van der Waals surface area contributed by atoms with Crippen LogP contribution >= 0.6 is 0 Å². The van der Waals surface area contributed by atoms with E-state index in [1.165, 1.54) is 25.5 Å². The predicted octanol–water partition coefficient (Wildman–Crippen LogP) is 2.22. The Morgan fingerprint density at radius 1 is 1.56 bits per heavy atom. The molecule has 0 atom stereocenters. The molecule has 1 aromatic rings. The van der Waals surface area contributed by atoms with Crippen LogP contribution in [0, 0.1) is 0 Å². The summed E-state index contributed by atoms with van der Waals surface area (Å²) in [5.74, 6) is 0. The second-order valence-electron chi connectivity index (χ2n) is 2.94. The minimum absolute atomic E-state index is 0.356. The third-order valence-electron chi connectivity index (χ3n) is 1.67. The fourth-order valence-corrected chi connectivity index (χ4v) is 0.898. The van der Waals surface area contributed by atoms with Gasteiger partial charge in [0, 0.05) is 13.2 Å². The number of alkyl halides is 3. The highest BCUT2D eigenvalue weighted by molar-refractivity contribution is 5.86. The van der Waals surface area contributed by atoms with Crippen LogP contribution in [-0.4, -0.2) is 30.9 Å². The van der Waals surface area contributed by atoms with Gasteiger partial charge in [0.2, 0.25) is 0 Å². The molecule has 0 unspecified atom stereocenters. The van der Waals surface area contributed by atoms with Crippen molar-refractivity contribution < 1.29 is 22.7 Å². The van der Waals surface area contributed by atoms with Gasteiger partial charge in [0.25, 0.3) is 0 Å². The van der Waals surface area contributed by atoms with Gasteiger partial charge in [0.1, 0.15) is 0 Å². The second-order valence-corrected chi connectivity index (χ2v) is 2.94. The van der Waals surface area contributed by atoms with Crippen LogP contribution in [0.1, 0.15) is 0 Å². The summed E-state index contributed by atoms with van der Waals surface area (Å²) in [5.41, 5.74) is 0.356. The maximum Gasteiger partial charge on any atom is 0.422 e. The normalized spacial score (nSPS) is 11.0. The molecule has 1 heterocycles. The molecule has 1 aromatic heterocycles. The number of hydrogen-bond donors (Lipinski definition) is 0. The molecule has 0 radical (unpaired) electrons. The lowest BCUT2D eigenvalue weighted by Crippen LogP contribution is -2.30. The van der Waals surface area contributed by atoms with E-state index in [9.17, 15) is 18.0 Å². The minimum atomic E-state index is -4.52. The van der Waals surface area contributed by atoms with Gasteiger partial charge in [0.05, 0.1) is 11.9 Å². The Bertz CT molecular complexity index is 354. The zero-order valence-electron chi connectivity index (χ0n) is 8.36. The van der Waals surface area contributed by atoms with Crippen molar-refractivity contribution in [2.75, 3.05) is 18.6 Å². The molecule has 0 saturated heterocycles. The molecule has 0 aliphatic carbocycles. The molecule has 0 saturated carbocycles. The molecule has 0 spiro atoms. The van der Waals surface area contributed by atoms with Crippen LogP contribution in [0.25, 0.3) is 0 Å². The highest BCUT2D eigenvalue weighted by atomic mass is 19.4. The largest absolute Gasteiger partial charge is 0.440 e. The average Bonchev–Trinajstić information content (AvgIpc) is 2.25. The summed E-state index contributed by atoms with van der Waals surface area (Å²) >= 11 is 0. The quantitative estimate of drug-likeness (QED) is 0.787. The molecular formula is C9H9F3N2O2. The molecule has 0 aromatic carbocycles. The number of ether oxygens (including phenoxy) is 1. The predicted molar refractivity (Wildman–Crippen MR) is 50.0 cm³/mol. The fraction of sp³-hybridized carbons (Fsp3) is 0.333. The number of halogens is 3. The lowest BCUT2D eigenvalue weighted by molar-refractivity contribution is -0.159. The molecule has 7 heteroatoms. The van der Waals surface area contributed by atoms with Gasteiger partial charge in [-0.3, -0.25) is 9.88 Å². The first-order valence-electron chi connectivity index (χ1n) is 4.27. The van der Waals surface area contributed by atoms with E-state index < -0.39 is 18.9 Å². The van der Waals surface area contributed by atoms with E-state index in [1.54, 1.807) is 6.07 Å². The van der Waals surface area contributed by atoms with E-state index in [2.05, 4.69) is 9.72 Å². The Morgan fingerprint density at radius 2 is 2.25 bits per heavy atom. The van der Waals surface area contributed by atoms with Crippen LogP contribution in [0.2, 0.25) is 0 Å². The van der Waals surface area contributed by atoms with Gasteiger partial charge < -0.3 is 4.74 Å². The van der Waals surface area contributed by atoms with Gasteiger partial charge in [0.15, 0.2) is 6.61 Å². The second kappa shape index (κ2) is 4.82. The van der Waals surface area contributed by atoms with Crippen LogP contribution in [0.3, 0.4) is 0 Å². The number of carbonyl (C=O) groups excluding carboxylic acids is 1. The Labute approximate surface area is 89.6 Å². The van der Waals surface area contributed by atoms with Crippen molar-refractivity contribution in [3.8, 4) is 0 Å². The van der Waals surface area contributed by atoms with Gasteiger partial charge in [-0.05, 0) is 12.1 Å². The maximum absolute atomic E-state index is 11.8. The third-order valence-corrected chi connectivity index (χ3v) is 1.67. The summed E-state index contributed by atoms with van der Waals surface area (Å²) < 4.78 is 39.4. The number of anilines is 1. The summed E-state index contributed by atoms with van der Waals surface area (Å²) in [5, 5.41) is 0. The van der Waals surface area contributed by atoms with Crippen LogP contribution in [0.4, 0.5) is 23.7 Å². The van der Waals surface area contributed by atoms with Gasteiger partial charge >= 0.3 is 12.3 Å². The SMILES string of the molecule is CN(C(=O)OCC(F)(F)F)c1cccnc1. The smallest absolute Gasteiger partial charge is 0.422 e. The number of amides is 1. The Morgan fingerprint density at radius 3 is 2.75 bits per heavy atom. The molecule has 0 fully saturated rings. The standard InChI is InChI=1S/C9H9F3N2O2/c1-14(7-3-2-4-13-5-7)8(15)16-6-9(10,11)12/h2-5H,6H2,1H3. The van der Waals surface area contributed by atoms with Crippen molar-refractivity contribution in [2.45, 2.75) is 6.18 Å². The molecule has 88 valence electrons. The van der Waals surface area contributed by atoms with E-state index in [1.807, 2.05) is 0 Å². The van der Waals surface area contributed by atoms with E-state index in [4.69, 9.17) is 0 Å². The summed E-state index contributed by atoms with van der Waals surface area (Å²) in [6.45, 7) is -1.60. The van der Waals surface area contributed by atoms with Crippen LogP contribution in [0.15, 0.2) is 24.5 Å². The van der Waals surface area contributed by atoms with Gasteiger partial charge in [-0.2, -0.15) is 13.2 Å². The Kier molecular flexibility index (Phi) is 3.70. The van der Waals surface area contributed by atoms with Crippen molar-refractivity contribution in [3.05, 3.63) is 24.5 Å². The molecule has 0 N–H and O–H groups in total. The average molecular weight is 234 g/mol. The molecule has 0 bridgehead atoms. The van der Waals surface area contributed by atoms with Crippen LogP contribution in [-0.2, 0) is 4.74 Å². The summed E-state index contributed by atoms with van der Waals surface area (Å²) in [6, 6.07) is 3.09. The number of nitrogens with zero attached hydrogens (tertiary/aromatic N) is 2. The van der Waals surface area contributed by atoms with Gasteiger partial charge in [-0.1, -0.05) is 0 Å². The zero-order chi connectivity index (χ0) is 12.2. The minimum Gasteiger partial charge on any atom is -0.440 e. The zero-order valence-corrected chi connectivity index (χ0v) is 8.36. The molecule has 4 nitrogen and oxygen atoms in total. The Hall–Kier alpha value is -1.79. The van der Waals surface area contributed by atoms with Crippen molar-refractivity contribution in [1.82, 2.24) is 4.98 Å². The first-order chi connectivity index (χ1) is 7.40. The number of hydrogen-bond acceptors (Lipinski definition) is 3. The van der Waals surface area contributed by atoms with Crippen molar-refractivity contribution >= 4 is 11.8 Å². The van der Waals surface area contributed by atoms with Crippen molar-refractivity contribution in [1.29, 1.82) is 0 Å². The summed E-state index contributed by atoms with van der Waals surface area (Å²) in [7, 11) is 1.30. The molecule has 1 rings (SSSR count). The summed E-state index contributed by atoms with van der Waals surface area (Å²) in [4.78, 5) is 15.8. The molecule has 1 amide bonds. The highest BCUT2D eigenvalue weighted by Crippen LogP contribution is 2.16. The molecular weight excluding hydrogens is 225 g/mol. The van der Waals surface area contributed by atoms with Crippen molar-refractivity contribution in [3.63, 3.8) is 0 Å². The Balaban J connectivity index is 2.55. The number of carbonyl (C=O) groups is 1. The third kappa shape index (κ3) is 3.76. The lowest BCUT2D eigenvalue weighted by atomic mass is 10.4. The van der Waals surface area contributed by atoms with E-state index >= 15 is 0 Å². The first kappa shape index (κ1) is 12.3. The molecule has 16 heavy (non-hydrogen) atoms. The topological polar surface area (TPSA) is 42.4 Å². The van der Waals surface area contributed by atoms with E-state index in [0.717, 1.165) is 4.90 Å². The number of pyridine rings is 1. The summed E-state index contributed by atoms with van der Waals surface area (Å²) in [6.07, 6.45) is -2.77. The molecule has 0 aliphatic rings. The number of aromatic nitrogens is 1. The van der Waals surface area contributed by atoms with E-state index in [-0.39, 0.29) is 0 Å². The van der Waals surface area contributed by atoms with Crippen molar-refractivity contribution in [2.24, 2.45) is 0 Å². The fourth-order valence-electron chi connectivity index (χ4n) is 0.898. The number of rotatable bonds is 2. The van der Waals surface area contributed by atoms with Gasteiger partial charge in [-0.15, -0.1) is 0 Å². The molecule has 0 aliphatic heterocycles. The first-order valence-corrected chi connectivity index (χ1v) is 4.27. The van der Waals surface area contributed by atoms with Crippen LogP contribution in [0.5, 0.6) is 0 Å². The van der Waals surface area contributed by atoms with Crippen LogP contribution < -0.4 is 4.90 Å².